The van der Waals surface area contributed by atoms with Gasteiger partial charge in [0, 0.05) is 11.5 Å². The SMILES string of the molecule is CN(CCC(C)(C)C(N)=S)C1CCCC1. The maximum atomic E-state index is 5.72. The van der Waals surface area contributed by atoms with Crippen LogP contribution in [0.1, 0.15) is 46.0 Å². The Morgan fingerprint density at radius 2 is 1.93 bits per heavy atom. The third kappa shape index (κ3) is 3.72. The molecule has 3 heteroatoms. The Morgan fingerprint density at radius 3 is 2.40 bits per heavy atom. The highest BCUT2D eigenvalue weighted by Gasteiger charge is 2.24. The van der Waals surface area contributed by atoms with Crippen LogP contribution in [0.4, 0.5) is 0 Å². The van der Waals surface area contributed by atoms with Crippen molar-refractivity contribution in [3.05, 3.63) is 0 Å². The second-order valence-electron chi connectivity index (χ2n) is 5.42. The van der Waals surface area contributed by atoms with E-state index < -0.39 is 0 Å². The monoisotopic (exact) mass is 228 g/mol. The molecule has 0 saturated heterocycles. The van der Waals surface area contributed by atoms with Crippen molar-refractivity contribution in [2.45, 2.75) is 52.0 Å². The van der Waals surface area contributed by atoms with Gasteiger partial charge >= 0.3 is 0 Å². The highest BCUT2D eigenvalue weighted by atomic mass is 32.1. The smallest absolute Gasteiger partial charge is 0.0784 e. The Kier molecular flexibility index (Phi) is 4.53. The van der Waals surface area contributed by atoms with Gasteiger partial charge in [-0.3, -0.25) is 0 Å². The van der Waals surface area contributed by atoms with Crippen LogP contribution in [0.5, 0.6) is 0 Å². The summed E-state index contributed by atoms with van der Waals surface area (Å²) in [6.45, 7) is 5.38. The molecule has 1 aliphatic rings. The minimum absolute atomic E-state index is 0.00218. The summed E-state index contributed by atoms with van der Waals surface area (Å²) in [4.78, 5) is 3.12. The fourth-order valence-electron chi connectivity index (χ4n) is 2.11. The summed E-state index contributed by atoms with van der Waals surface area (Å²) in [5.41, 5.74) is 5.73. The number of nitrogens with zero attached hydrogens (tertiary/aromatic N) is 1. The van der Waals surface area contributed by atoms with Gasteiger partial charge in [0.05, 0.1) is 4.99 Å². The van der Waals surface area contributed by atoms with Crippen molar-refractivity contribution in [1.29, 1.82) is 0 Å². The number of nitrogens with two attached hydrogens (primary N) is 1. The Labute approximate surface area is 99.2 Å². The standard InChI is InChI=1S/C12H24N2S/c1-12(2,11(13)15)8-9-14(3)10-6-4-5-7-10/h10H,4-9H2,1-3H3,(H2,13,15). The van der Waals surface area contributed by atoms with E-state index in [1.165, 1.54) is 25.7 Å². The van der Waals surface area contributed by atoms with Crippen LogP contribution in [0.25, 0.3) is 0 Å². The quantitative estimate of drug-likeness (QED) is 0.733. The van der Waals surface area contributed by atoms with Gasteiger partial charge in [-0.25, -0.2) is 0 Å². The summed E-state index contributed by atoms with van der Waals surface area (Å²) < 4.78 is 0. The summed E-state index contributed by atoms with van der Waals surface area (Å²) in [7, 11) is 2.23. The first-order chi connectivity index (χ1) is 6.93. The van der Waals surface area contributed by atoms with Gasteiger partial charge in [-0.15, -0.1) is 0 Å². The van der Waals surface area contributed by atoms with Crippen LogP contribution >= 0.6 is 12.2 Å². The fraction of sp³-hybridized carbons (Fsp3) is 0.917. The van der Waals surface area contributed by atoms with E-state index in [9.17, 15) is 0 Å². The molecule has 0 amide bonds. The lowest BCUT2D eigenvalue weighted by Gasteiger charge is -2.29. The Balaban J connectivity index is 2.32. The number of hydrogen-bond donors (Lipinski definition) is 1. The number of hydrogen-bond acceptors (Lipinski definition) is 2. The summed E-state index contributed by atoms with van der Waals surface area (Å²) >= 11 is 5.08. The van der Waals surface area contributed by atoms with Gasteiger partial charge in [-0.2, -0.15) is 0 Å². The Bertz CT molecular complexity index is 220. The third-order valence-electron chi connectivity index (χ3n) is 3.70. The van der Waals surface area contributed by atoms with Crippen molar-refractivity contribution in [2.24, 2.45) is 11.1 Å². The molecule has 0 radical (unpaired) electrons. The zero-order chi connectivity index (χ0) is 11.5. The predicted molar refractivity (Wildman–Crippen MR) is 70.1 cm³/mol. The second kappa shape index (κ2) is 5.26. The van der Waals surface area contributed by atoms with E-state index in [2.05, 4.69) is 25.8 Å². The molecular formula is C12H24N2S. The van der Waals surface area contributed by atoms with Crippen molar-refractivity contribution in [3.8, 4) is 0 Å². The van der Waals surface area contributed by atoms with Crippen LogP contribution in [0, 0.1) is 5.41 Å². The van der Waals surface area contributed by atoms with E-state index in [1.807, 2.05) is 0 Å². The molecule has 0 aliphatic heterocycles. The normalized spacial score (nSPS) is 18.7. The molecule has 2 nitrogen and oxygen atoms in total. The first-order valence-corrected chi connectivity index (χ1v) is 6.34. The van der Waals surface area contributed by atoms with Crippen LogP contribution in [0.3, 0.4) is 0 Å². The molecule has 2 N–H and O–H groups in total. The van der Waals surface area contributed by atoms with Gasteiger partial charge in [0.15, 0.2) is 0 Å². The molecule has 0 aromatic heterocycles. The average Bonchev–Trinajstić information content (AvgIpc) is 2.66. The first-order valence-electron chi connectivity index (χ1n) is 5.93. The van der Waals surface area contributed by atoms with E-state index in [4.69, 9.17) is 18.0 Å². The van der Waals surface area contributed by atoms with Gasteiger partial charge < -0.3 is 10.6 Å². The van der Waals surface area contributed by atoms with E-state index in [0.717, 1.165) is 19.0 Å². The molecule has 1 saturated carbocycles. The molecule has 15 heavy (non-hydrogen) atoms. The largest absolute Gasteiger partial charge is 0.393 e. The average molecular weight is 228 g/mol. The van der Waals surface area contributed by atoms with Gasteiger partial charge in [0.25, 0.3) is 0 Å². The number of rotatable bonds is 5. The zero-order valence-corrected chi connectivity index (χ0v) is 11.1. The van der Waals surface area contributed by atoms with Crippen LogP contribution in [-0.4, -0.2) is 29.5 Å². The highest BCUT2D eigenvalue weighted by Crippen LogP contribution is 2.25. The lowest BCUT2D eigenvalue weighted by Crippen LogP contribution is -2.36. The summed E-state index contributed by atoms with van der Waals surface area (Å²) in [6.07, 6.45) is 6.59. The fourth-order valence-corrected chi connectivity index (χ4v) is 2.21. The molecule has 0 aromatic carbocycles. The van der Waals surface area contributed by atoms with E-state index in [1.54, 1.807) is 0 Å². The third-order valence-corrected chi connectivity index (χ3v) is 4.26. The van der Waals surface area contributed by atoms with Gasteiger partial charge in [0.1, 0.15) is 0 Å². The predicted octanol–water partition coefficient (Wildman–Crippen LogP) is 2.56. The topological polar surface area (TPSA) is 29.3 Å². The summed E-state index contributed by atoms with van der Waals surface area (Å²) in [5, 5.41) is 0. The zero-order valence-electron chi connectivity index (χ0n) is 10.3. The van der Waals surface area contributed by atoms with Gasteiger partial charge in [0.2, 0.25) is 0 Å². The van der Waals surface area contributed by atoms with Crippen molar-refractivity contribution >= 4 is 17.2 Å². The minimum atomic E-state index is 0.00218. The maximum absolute atomic E-state index is 5.72. The van der Waals surface area contributed by atoms with E-state index >= 15 is 0 Å². The molecule has 0 spiro atoms. The maximum Gasteiger partial charge on any atom is 0.0784 e. The summed E-state index contributed by atoms with van der Waals surface area (Å²) in [5.74, 6) is 0. The molecule has 0 aromatic rings. The van der Waals surface area contributed by atoms with Gasteiger partial charge in [-0.05, 0) is 32.9 Å². The molecule has 88 valence electrons. The molecule has 1 fully saturated rings. The van der Waals surface area contributed by atoms with Crippen molar-refractivity contribution in [2.75, 3.05) is 13.6 Å². The van der Waals surface area contributed by atoms with Crippen LogP contribution in [-0.2, 0) is 0 Å². The van der Waals surface area contributed by atoms with Crippen LogP contribution < -0.4 is 5.73 Å². The van der Waals surface area contributed by atoms with Crippen molar-refractivity contribution in [3.63, 3.8) is 0 Å². The van der Waals surface area contributed by atoms with Crippen molar-refractivity contribution < 1.29 is 0 Å². The lowest BCUT2D eigenvalue weighted by molar-refractivity contribution is 0.223. The van der Waals surface area contributed by atoms with Crippen molar-refractivity contribution in [1.82, 2.24) is 4.90 Å². The van der Waals surface area contributed by atoms with E-state index in [-0.39, 0.29) is 5.41 Å². The first kappa shape index (κ1) is 12.9. The molecule has 0 unspecified atom stereocenters. The van der Waals surface area contributed by atoms with Gasteiger partial charge in [-0.1, -0.05) is 38.9 Å². The molecule has 0 heterocycles. The van der Waals surface area contributed by atoms with Crippen LogP contribution in [0.2, 0.25) is 0 Å². The summed E-state index contributed by atoms with van der Waals surface area (Å²) in [6, 6.07) is 0.798. The Hall–Kier alpha value is -0.150. The minimum Gasteiger partial charge on any atom is -0.393 e. The Morgan fingerprint density at radius 1 is 1.40 bits per heavy atom. The van der Waals surface area contributed by atoms with Crippen LogP contribution in [0.15, 0.2) is 0 Å². The lowest BCUT2D eigenvalue weighted by atomic mass is 9.89. The highest BCUT2D eigenvalue weighted by molar-refractivity contribution is 7.80. The van der Waals surface area contributed by atoms with E-state index in [0.29, 0.717) is 4.99 Å². The number of thiocarbonyl (C=S) groups is 1. The molecule has 0 bridgehead atoms. The molecule has 1 rings (SSSR count). The second-order valence-corrected chi connectivity index (χ2v) is 5.86. The molecule has 0 atom stereocenters. The molecule has 1 aliphatic carbocycles. The molecular weight excluding hydrogens is 204 g/mol.